The lowest BCUT2D eigenvalue weighted by molar-refractivity contribution is -0.116. The average molecular weight is 315 g/mol. The normalized spacial score (nSPS) is 11.9. The molecule has 0 fully saturated rings. The summed E-state index contributed by atoms with van der Waals surface area (Å²) in [6.45, 7) is 1.91. The molecular formula is C12H15BrN2O3. The van der Waals surface area contributed by atoms with E-state index in [0.29, 0.717) is 10.2 Å². The molecule has 0 saturated carbocycles. The van der Waals surface area contributed by atoms with Crippen LogP contribution in [0.5, 0.6) is 0 Å². The van der Waals surface area contributed by atoms with E-state index in [9.17, 15) is 9.59 Å². The van der Waals surface area contributed by atoms with Gasteiger partial charge in [-0.1, -0.05) is 6.92 Å². The molecule has 0 spiro atoms. The van der Waals surface area contributed by atoms with Crippen molar-refractivity contribution in [2.75, 3.05) is 5.32 Å². The van der Waals surface area contributed by atoms with Crippen LogP contribution in [0, 0.1) is 0 Å². The number of rotatable bonds is 5. The van der Waals surface area contributed by atoms with Crippen LogP contribution in [0.15, 0.2) is 22.7 Å². The Morgan fingerprint density at radius 1 is 1.50 bits per heavy atom. The number of nitrogens with one attached hydrogen (secondary N) is 1. The topological polar surface area (TPSA) is 92.4 Å². The lowest BCUT2D eigenvalue weighted by atomic mass is 10.1. The number of aromatic carboxylic acids is 1. The highest BCUT2D eigenvalue weighted by Gasteiger charge is 2.11. The van der Waals surface area contributed by atoms with Crippen LogP contribution in [0.25, 0.3) is 0 Å². The molecule has 1 rings (SSSR count). The Morgan fingerprint density at radius 3 is 2.67 bits per heavy atom. The quantitative estimate of drug-likeness (QED) is 0.777. The Bertz CT molecular complexity index is 463. The first-order valence-electron chi connectivity index (χ1n) is 5.52. The number of nitrogens with two attached hydrogens (primary N) is 1. The number of carbonyl (C=O) groups is 2. The summed E-state index contributed by atoms with van der Waals surface area (Å²) in [6.07, 6.45) is 0.968. The highest BCUT2D eigenvalue weighted by molar-refractivity contribution is 9.10. The molecule has 6 heteroatoms. The van der Waals surface area contributed by atoms with Gasteiger partial charge in [-0.05, 0) is 40.5 Å². The molecule has 0 bridgehead atoms. The summed E-state index contributed by atoms with van der Waals surface area (Å²) >= 11 is 3.22. The Morgan fingerprint density at radius 2 is 2.17 bits per heavy atom. The Hall–Kier alpha value is -1.40. The lowest BCUT2D eigenvalue weighted by Gasteiger charge is -2.11. The van der Waals surface area contributed by atoms with E-state index in [1.54, 1.807) is 6.07 Å². The molecule has 0 aliphatic rings. The molecule has 1 unspecified atom stereocenters. The first-order valence-corrected chi connectivity index (χ1v) is 6.31. The molecule has 1 aromatic rings. The van der Waals surface area contributed by atoms with Gasteiger partial charge >= 0.3 is 5.97 Å². The smallest absolute Gasteiger partial charge is 0.335 e. The van der Waals surface area contributed by atoms with E-state index in [4.69, 9.17) is 10.8 Å². The van der Waals surface area contributed by atoms with Crippen molar-refractivity contribution < 1.29 is 14.7 Å². The number of amides is 1. The molecular weight excluding hydrogens is 300 g/mol. The maximum atomic E-state index is 11.6. The third-order valence-corrected chi connectivity index (χ3v) is 3.12. The van der Waals surface area contributed by atoms with Gasteiger partial charge in [0.25, 0.3) is 0 Å². The van der Waals surface area contributed by atoms with Crippen molar-refractivity contribution in [3.8, 4) is 0 Å². The third-order valence-electron chi connectivity index (χ3n) is 2.46. The van der Waals surface area contributed by atoms with Crippen molar-refractivity contribution in [1.82, 2.24) is 0 Å². The van der Waals surface area contributed by atoms with Crippen molar-refractivity contribution in [1.29, 1.82) is 0 Å². The summed E-state index contributed by atoms with van der Waals surface area (Å²) in [5.74, 6) is -1.20. The SMILES string of the molecule is CCC(N)CC(=O)Nc1ccc(C(=O)O)cc1Br. The van der Waals surface area contributed by atoms with E-state index in [1.165, 1.54) is 12.1 Å². The molecule has 0 aromatic heterocycles. The van der Waals surface area contributed by atoms with Crippen LogP contribution in [-0.4, -0.2) is 23.0 Å². The van der Waals surface area contributed by atoms with E-state index < -0.39 is 5.97 Å². The van der Waals surface area contributed by atoms with Crippen LogP contribution in [0.2, 0.25) is 0 Å². The average Bonchev–Trinajstić information content (AvgIpc) is 2.31. The number of benzene rings is 1. The van der Waals surface area contributed by atoms with Crippen LogP contribution in [-0.2, 0) is 4.79 Å². The second kappa shape index (κ2) is 6.51. The third kappa shape index (κ3) is 4.12. The minimum absolute atomic E-state index is 0.158. The highest BCUT2D eigenvalue weighted by Crippen LogP contribution is 2.24. The van der Waals surface area contributed by atoms with Crippen LogP contribution < -0.4 is 11.1 Å². The van der Waals surface area contributed by atoms with Gasteiger partial charge in [0.15, 0.2) is 0 Å². The number of carbonyl (C=O) groups excluding carboxylic acids is 1. The van der Waals surface area contributed by atoms with Gasteiger partial charge < -0.3 is 16.2 Å². The summed E-state index contributed by atoms with van der Waals surface area (Å²) in [6, 6.07) is 4.25. The van der Waals surface area contributed by atoms with E-state index >= 15 is 0 Å². The summed E-state index contributed by atoms with van der Waals surface area (Å²) in [5, 5.41) is 11.5. The van der Waals surface area contributed by atoms with E-state index in [2.05, 4.69) is 21.2 Å². The van der Waals surface area contributed by atoms with Gasteiger partial charge in [-0.15, -0.1) is 0 Å². The van der Waals surface area contributed by atoms with Gasteiger partial charge in [-0.2, -0.15) is 0 Å². The van der Waals surface area contributed by atoms with Crippen molar-refractivity contribution >= 4 is 33.5 Å². The van der Waals surface area contributed by atoms with Crippen LogP contribution in [0.3, 0.4) is 0 Å². The van der Waals surface area contributed by atoms with Crippen LogP contribution in [0.1, 0.15) is 30.1 Å². The second-order valence-electron chi connectivity index (χ2n) is 3.92. The predicted octanol–water partition coefficient (Wildman–Crippen LogP) is 2.21. The van der Waals surface area contributed by atoms with Crippen molar-refractivity contribution in [3.63, 3.8) is 0 Å². The minimum Gasteiger partial charge on any atom is -0.478 e. The first kappa shape index (κ1) is 14.7. The fourth-order valence-corrected chi connectivity index (χ4v) is 1.81. The molecule has 0 aliphatic heterocycles. The van der Waals surface area contributed by atoms with Crippen LogP contribution in [0.4, 0.5) is 5.69 Å². The molecule has 0 saturated heterocycles. The summed E-state index contributed by atoms with van der Waals surface area (Å²) < 4.78 is 0.529. The van der Waals surface area contributed by atoms with Gasteiger partial charge in [0, 0.05) is 16.9 Å². The minimum atomic E-state index is -1.01. The zero-order valence-electron chi connectivity index (χ0n) is 9.94. The largest absolute Gasteiger partial charge is 0.478 e. The van der Waals surface area contributed by atoms with E-state index in [-0.39, 0.29) is 23.9 Å². The summed E-state index contributed by atoms with van der Waals surface area (Å²) in [7, 11) is 0. The summed E-state index contributed by atoms with van der Waals surface area (Å²) in [4.78, 5) is 22.4. The van der Waals surface area contributed by atoms with Gasteiger partial charge in [0.1, 0.15) is 0 Å². The molecule has 5 nitrogen and oxygen atoms in total. The van der Waals surface area contributed by atoms with Gasteiger partial charge in [-0.25, -0.2) is 4.79 Å². The molecule has 1 atom stereocenters. The molecule has 0 heterocycles. The Kier molecular flexibility index (Phi) is 5.30. The van der Waals surface area contributed by atoms with Gasteiger partial charge in [-0.3, -0.25) is 4.79 Å². The number of carboxylic acid groups (broad SMARTS) is 1. The van der Waals surface area contributed by atoms with E-state index in [0.717, 1.165) is 6.42 Å². The maximum Gasteiger partial charge on any atom is 0.335 e. The Balaban J connectivity index is 2.74. The molecule has 98 valence electrons. The number of hydrogen-bond acceptors (Lipinski definition) is 3. The zero-order chi connectivity index (χ0) is 13.7. The fourth-order valence-electron chi connectivity index (χ4n) is 1.33. The predicted molar refractivity (Wildman–Crippen MR) is 72.6 cm³/mol. The van der Waals surface area contributed by atoms with Crippen molar-refractivity contribution in [2.24, 2.45) is 5.73 Å². The van der Waals surface area contributed by atoms with Gasteiger partial charge in [0.2, 0.25) is 5.91 Å². The summed E-state index contributed by atoms with van der Waals surface area (Å²) in [5.41, 5.74) is 6.37. The standard InChI is InChI=1S/C12H15BrN2O3/c1-2-8(14)6-11(16)15-10-4-3-7(12(17)18)5-9(10)13/h3-5,8H,2,6,14H2,1H3,(H,15,16)(H,17,18). The second-order valence-corrected chi connectivity index (χ2v) is 4.77. The van der Waals surface area contributed by atoms with Crippen molar-refractivity contribution in [2.45, 2.75) is 25.8 Å². The number of hydrogen-bond donors (Lipinski definition) is 3. The Labute approximate surface area is 113 Å². The van der Waals surface area contributed by atoms with E-state index in [1.807, 2.05) is 6.92 Å². The first-order chi connectivity index (χ1) is 8.43. The monoisotopic (exact) mass is 314 g/mol. The van der Waals surface area contributed by atoms with Crippen molar-refractivity contribution in [3.05, 3.63) is 28.2 Å². The fraction of sp³-hybridized carbons (Fsp3) is 0.333. The zero-order valence-corrected chi connectivity index (χ0v) is 11.5. The highest BCUT2D eigenvalue weighted by atomic mass is 79.9. The molecule has 18 heavy (non-hydrogen) atoms. The maximum absolute atomic E-state index is 11.6. The van der Waals surface area contributed by atoms with Crippen LogP contribution >= 0.6 is 15.9 Å². The number of carboxylic acids is 1. The molecule has 1 aromatic carbocycles. The molecule has 4 N–H and O–H groups in total. The molecule has 0 radical (unpaired) electrons. The molecule has 0 aliphatic carbocycles. The molecule has 1 amide bonds. The number of halogens is 1. The lowest BCUT2D eigenvalue weighted by Crippen LogP contribution is -2.26. The van der Waals surface area contributed by atoms with Gasteiger partial charge in [0.05, 0.1) is 11.3 Å². The number of anilines is 1.